The molecular formula is C15H14BrF3N2O2S. The van der Waals surface area contributed by atoms with E-state index in [-0.39, 0.29) is 11.4 Å². The van der Waals surface area contributed by atoms with Crippen LogP contribution >= 0.6 is 15.9 Å². The lowest BCUT2D eigenvalue weighted by Crippen LogP contribution is -2.14. The Balaban J connectivity index is 2.15. The predicted molar refractivity (Wildman–Crippen MR) is 89.2 cm³/mol. The Hall–Kier alpha value is -1.58. The summed E-state index contributed by atoms with van der Waals surface area (Å²) in [6.45, 7) is 0.246. The van der Waals surface area contributed by atoms with Gasteiger partial charge in [-0.3, -0.25) is 0 Å². The Morgan fingerprint density at radius 1 is 1.08 bits per heavy atom. The van der Waals surface area contributed by atoms with Crippen LogP contribution < -0.4 is 10.5 Å². The fourth-order valence-electron chi connectivity index (χ4n) is 2.06. The zero-order valence-corrected chi connectivity index (χ0v) is 14.7. The molecule has 0 radical (unpaired) electrons. The zero-order chi connectivity index (χ0) is 18.0. The predicted octanol–water partition coefficient (Wildman–Crippen LogP) is 3.86. The van der Waals surface area contributed by atoms with Gasteiger partial charge in [0.15, 0.2) is 0 Å². The van der Waals surface area contributed by atoms with E-state index in [1.54, 1.807) is 12.1 Å². The molecule has 0 heterocycles. The molecule has 24 heavy (non-hydrogen) atoms. The molecule has 9 heteroatoms. The molecule has 0 unspecified atom stereocenters. The van der Waals surface area contributed by atoms with Crippen molar-refractivity contribution in [2.75, 3.05) is 5.32 Å². The van der Waals surface area contributed by atoms with E-state index in [0.717, 1.165) is 12.1 Å². The summed E-state index contributed by atoms with van der Waals surface area (Å²) >= 11 is 3.19. The lowest BCUT2D eigenvalue weighted by molar-refractivity contribution is -0.137. The number of rotatable bonds is 5. The third-order valence-corrected chi connectivity index (χ3v) is 4.89. The molecule has 0 saturated carbocycles. The highest BCUT2D eigenvalue weighted by Crippen LogP contribution is 2.29. The van der Waals surface area contributed by atoms with Crippen LogP contribution in [0.5, 0.6) is 0 Å². The van der Waals surface area contributed by atoms with E-state index < -0.39 is 21.8 Å². The molecule has 0 saturated heterocycles. The molecule has 2 aromatic carbocycles. The maximum atomic E-state index is 12.5. The summed E-state index contributed by atoms with van der Waals surface area (Å²) in [6.07, 6.45) is -4.37. The summed E-state index contributed by atoms with van der Waals surface area (Å²) < 4.78 is 60.7. The molecule has 0 aliphatic carbocycles. The largest absolute Gasteiger partial charge is 0.416 e. The van der Waals surface area contributed by atoms with Gasteiger partial charge in [0.2, 0.25) is 10.0 Å². The Morgan fingerprint density at radius 3 is 2.21 bits per heavy atom. The SMILES string of the molecule is NS(=O)(=O)c1cc(NCc2ccc(C(F)(F)F)cc2)ccc1CBr. The number of anilines is 1. The van der Waals surface area contributed by atoms with Crippen LogP contribution in [0, 0.1) is 0 Å². The molecule has 3 N–H and O–H groups in total. The van der Waals surface area contributed by atoms with E-state index in [1.165, 1.54) is 18.2 Å². The Bertz CT molecular complexity index is 822. The maximum Gasteiger partial charge on any atom is 0.416 e. The van der Waals surface area contributed by atoms with Gasteiger partial charge in [-0.2, -0.15) is 13.2 Å². The van der Waals surface area contributed by atoms with Gasteiger partial charge in [-0.1, -0.05) is 34.1 Å². The Morgan fingerprint density at radius 2 is 1.71 bits per heavy atom. The summed E-state index contributed by atoms with van der Waals surface area (Å²) in [7, 11) is -3.87. The summed E-state index contributed by atoms with van der Waals surface area (Å²) in [5.41, 5.74) is 0.940. The number of alkyl halides is 4. The molecule has 0 amide bonds. The molecule has 0 aliphatic rings. The average Bonchev–Trinajstić information content (AvgIpc) is 2.51. The van der Waals surface area contributed by atoms with E-state index >= 15 is 0 Å². The van der Waals surface area contributed by atoms with Crippen molar-refractivity contribution in [2.45, 2.75) is 22.9 Å². The number of nitrogens with two attached hydrogens (primary N) is 1. The quantitative estimate of drug-likeness (QED) is 0.718. The lowest BCUT2D eigenvalue weighted by Gasteiger charge is -2.11. The third-order valence-electron chi connectivity index (χ3n) is 3.30. The minimum atomic E-state index is -4.37. The highest BCUT2D eigenvalue weighted by molar-refractivity contribution is 9.08. The molecule has 0 fully saturated rings. The second kappa shape index (κ2) is 7.12. The van der Waals surface area contributed by atoms with E-state index in [9.17, 15) is 21.6 Å². The van der Waals surface area contributed by atoms with Gasteiger partial charge in [0, 0.05) is 17.6 Å². The maximum absolute atomic E-state index is 12.5. The van der Waals surface area contributed by atoms with Crippen LogP contribution in [0.2, 0.25) is 0 Å². The normalized spacial score (nSPS) is 12.2. The second-order valence-corrected chi connectivity index (χ2v) is 7.14. The minimum absolute atomic E-state index is 0.00297. The van der Waals surface area contributed by atoms with Crippen LogP contribution in [0.1, 0.15) is 16.7 Å². The molecular weight excluding hydrogens is 409 g/mol. The molecule has 0 aliphatic heterocycles. The average molecular weight is 423 g/mol. The van der Waals surface area contributed by atoms with Gasteiger partial charge in [-0.25, -0.2) is 13.6 Å². The molecule has 4 nitrogen and oxygen atoms in total. The van der Waals surface area contributed by atoms with Gasteiger partial charge in [0.25, 0.3) is 0 Å². The van der Waals surface area contributed by atoms with E-state index in [4.69, 9.17) is 5.14 Å². The summed E-state index contributed by atoms with van der Waals surface area (Å²) in [5, 5.41) is 8.48. The van der Waals surface area contributed by atoms with Crippen molar-refractivity contribution in [3.05, 3.63) is 59.2 Å². The first-order chi connectivity index (χ1) is 11.1. The van der Waals surface area contributed by atoms with Gasteiger partial charge in [-0.05, 0) is 35.4 Å². The number of nitrogens with one attached hydrogen (secondary N) is 1. The van der Waals surface area contributed by atoms with E-state index in [0.29, 0.717) is 22.1 Å². The van der Waals surface area contributed by atoms with Crippen molar-refractivity contribution >= 4 is 31.6 Å². The number of halogens is 4. The highest BCUT2D eigenvalue weighted by Gasteiger charge is 2.29. The molecule has 2 rings (SSSR count). The topological polar surface area (TPSA) is 72.2 Å². The van der Waals surface area contributed by atoms with Crippen LogP contribution in [-0.2, 0) is 28.1 Å². The lowest BCUT2D eigenvalue weighted by atomic mass is 10.1. The minimum Gasteiger partial charge on any atom is -0.381 e. The first-order valence-corrected chi connectivity index (χ1v) is 9.40. The van der Waals surface area contributed by atoms with Gasteiger partial charge in [0.05, 0.1) is 10.5 Å². The second-order valence-electron chi connectivity index (χ2n) is 5.05. The molecule has 0 spiro atoms. The smallest absolute Gasteiger partial charge is 0.381 e. The number of sulfonamides is 1. The van der Waals surface area contributed by atoms with Crippen LogP contribution in [0.3, 0.4) is 0 Å². The third kappa shape index (κ3) is 4.71. The Kier molecular flexibility index (Phi) is 5.56. The standard InChI is InChI=1S/C15H14BrF3N2O2S/c16-8-11-3-6-13(7-14(11)24(20,22)23)21-9-10-1-4-12(5-2-10)15(17,18)19/h1-7,21H,8-9H2,(H2,20,22,23). The summed E-state index contributed by atoms with van der Waals surface area (Å²) in [6, 6.07) is 9.42. The Labute approximate surface area is 146 Å². The molecule has 0 atom stereocenters. The fraction of sp³-hybridized carbons (Fsp3) is 0.200. The molecule has 0 bridgehead atoms. The van der Waals surface area contributed by atoms with Crippen molar-refractivity contribution < 1.29 is 21.6 Å². The van der Waals surface area contributed by atoms with Gasteiger partial charge < -0.3 is 5.32 Å². The van der Waals surface area contributed by atoms with Crippen LogP contribution in [0.4, 0.5) is 18.9 Å². The monoisotopic (exact) mass is 422 g/mol. The van der Waals surface area contributed by atoms with Crippen molar-refractivity contribution in [3.63, 3.8) is 0 Å². The van der Waals surface area contributed by atoms with E-state index in [1.807, 2.05) is 0 Å². The van der Waals surface area contributed by atoms with Crippen LogP contribution in [-0.4, -0.2) is 8.42 Å². The summed E-state index contributed by atoms with van der Waals surface area (Å²) in [4.78, 5) is -0.00297. The molecule has 2 aromatic rings. The molecule has 130 valence electrons. The van der Waals surface area contributed by atoms with Gasteiger partial charge in [0.1, 0.15) is 0 Å². The van der Waals surface area contributed by atoms with E-state index in [2.05, 4.69) is 21.2 Å². The molecule has 0 aromatic heterocycles. The number of primary sulfonamides is 1. The highest BCUT2D eigenvalue weighted by atomic mass is 79.9. The first kappa shape index (κ1) is 18.8. The number of benzene rings is 2. The summed E-state index contributed by atoms with van der Waals surface area (Å²) in [5.74, 6) is 0. The van der Waals surface area contributed by atoms with Crippen molar-refractivity contribution in [2.24, 2.45) is 5.14 Å². The van der Waals surface area contributed by atoms with Gasteiger partial charge >= 0.3 is 6.18 Å². The first-order valence-electron chi connectivity index (χ1n) is 6.73. The van der Waals surface area contributed by atoms with Gasteiger partial charge in [-0.15, -0.1) is 0 Å². The van der Waals surface area contributed by atoms with Crippen molar-refractivity contribution in [3.8, 4) is 0 Å². The zero-order valence-electron chi connectivity index (χ0n) is 12.3. The van der Waals surface area contributed by atoms with Crippen molar-refractivity contribution in [1.29, 1.82) is 0 Å². The fourth-order valence-corrected chi connectivity index (χ4v) is 3.53. The van der Waals surface area contributed by atoms with Crippen LogP contribution in [0.25, 0.3) is 0 Å². The van der Waals surface area contributed by atoms with Crippen molar-refractivity contribution in [1.82, 2.24) is 0 Å². The van der Waals surface area contributed by atoms with Crippen LogP contribution in [0.15, 0.2) is 47.4 Å². The number of hydrogen-bond acceptors (Lipinski definition) is 3. The number of hydrogen-bond donors (Lipinski definition) is 2.